The minimum absolute atomic E-state index is 0.126. The van der Waals surface area contributed by atoms with Crippen LogP contribution in [0.1, 0.15) is 24.7 Å². The molecule has 0 saturated carbocycles. The Kier molecular flexibility index (Phi) is 4.79. The van der Waals surface area contributed by atoms with Crippen LogP contribution in [0.15, 0.2) is 12.1 Å². The summed E-state index contributed by atoms with van der Waals surface area (Å²) in [5.41, 5.74) is 6.28. The molecule has 0 saturated heterocycles. The predicted octanol–water partition coefficient (Wildman–Crippen LogP) is 1.35. The number of nitrogens with zero attached hydrogens (tertiary/aromatic N) is 4. The molecule has 0 aliphatic carbocycles. The molecule has 2 rings (SSSR count). The number of aryl methyl sites for hydroxylation is 1. The van der Waals surface area contributed by atoms with Gasteiger partial charge in [-0.25, -0.2) is 8.78 Å². The number of hydrogen-bond donors (Lipinski definition) is 1. The van der Waals surface area contributed by atoms with Gasteiger partial charge in [-0.05, 0) is 35.8 Å². The van der Waals surface area contributed by atoms with E-state index >= 15 is 0 Å². The quantitative estimate of drug-likeness (QED) is 0.870. The van der Waals surface area contributed by atoms with Crippen molar-refractivity contribution in [1.29, 1.82) is 0 Å². The van der Waals surface area contributed by atoms with Crippen molar-refractivity contribution in [3.63, 3.8) is 0 Å². The van der Waals surface area contributed by atoms with Gasteiger partial charge in [-0.1, -0.05) is 6.92 Å². The summed E-state index contributed by atoms with van der Waals surface area (Å²) in [5.74, 6) is -1.74. The maximum absolute atomic E-state index is 13.9. The van der Waals surface area contributed by atoms with E-state index < -0.39 is 17.4 Å². The molecule has 0 bridgehead atoms. The standard InChI is InChI=1S/C13H17F2N5O/c1-3-9(16)4-8-5-10(14)13(11(15)6-8)21-7-12-17-19-20(2)18-12/h5-6,9H,3-4,7,16H2,1-2H3. The summed E-state index contributed by atoms with van der Waals surface area (Å²) >= 11 is 0. The normalized spacial score (nSPS) is 12.4. The Hall–Kier alpha value is -2.09. The first-order chi connectivity index (χ1) is 9.99. The Bertz CT molecular complexity index is 593. The van der Waals surface area contributed by atoms with Crippen LogP contribution in [0.4, 0.5) is 8.78 Å². The average Bonchev–Trinajstić information content (AvgIpc) is 2.83. The van der Waals surface area contributed by atoms with Crippen molar-refractivity contribution in [2.45, 2.75) is 32.4 Å². The molecule has 6 nitrogen and oxygen atoms in total. The Morgan fingerprint density at radius 1 is 1.33 bits per heavy atom. The van der Waals surface area contributed by atoms with Crippen LogP contribution in [-0.4, -0.2) is 26.2 Å². The molecule has 1 heterocycles. The maximum Gasteiger partial charge on any atom is 0.212 e. The summed E-state index contributed by atoms with van der Waals surface area (Å²) in [4.78, 5) is 1.24. The highest BCUT2D eigenvalue weighted by molar-refractivity contribution is 5.31. The lowest BCUT2D eigenvalue weighted by atomic mass is 10.0. The van der Waals surface area contributed by atoms with Crippen LogP contribution in [0.3, 0.4) is 0 Å². The Labute approximate surface area is 120 Å². The first kappa shape index (κ1) is 15.3. The molecule has 1 atom stereocenters. The molecule has 1 aromatic carbocycles. The van der Waals surface area contributed by atoms with Crippen LogP contribution in [0, 0.1) is 11.6 Å². The van der Waals surface area contributed by atoms with E-state index in [0.29, 0.717) is 12.0 Å². The molecule has 1 aromatic heterocycles. The number of benzene rings is 1. The van der Waals surface area contributed by atoms with Gasteiger partial charge in [0.25, 0.3) is 0 Å². The van der Waals surface area contributed by atoms with Crippen LogP contribution < -0.4 is 10.5 Å². The van der Waals surface area contributed by atoms with E-state index in [0.717, 1.165) is 6.42 Å². The number of hydrogen-bond acceptors (Lipinski definition) is 5. The minimum atomic E-state index is -0.766. The molecule has 0 radical (unpaired) electrons. The molecule has 8 heteroatoms. The van der Waals surface area contributed by atoms with E-state index in [1.165, 1.54) is 16.9 Å². The first-order valence-corrected chi connectivity index (χ1v) is 6.58. The van der Waals surface area contributed by atoms with Crippen molar-refractivity contribution >= 4 is 0 Å². The lowest BCUT2D eigenvalue weighted by molar-refractivity contribution is 0.265. The molecule has 2 aromatic rings. The molecule has 0 fully saturated rings. The number of halogens is 2. The van der Waals surface area contributed by atoms with E-state index in [4.69, 9.17) is 10.5 Å². The van der Waals surface area contributed by atoms with E-state index in [-0.39, 0.29) is 18.5 Å². The largest absolute Gasteiger partial charge is 0.479 e. The molecular weight excluding hydrogens is 280 g/mol. The molecule has 0 aliphatic rings. The summed E-state index contributed by atoms with van der Waals surface area (Å²) in [7, 11) is 1.59. The lowest BCUT2D eigenvalue weighted by Gasteiger charge is -2.11. The van der Waals surface area contributed by atoms with Crippen molar-refractivity contribution in [2.24, 2.45) is 12.8 Å². The third-order valence-electron chi connectivity index (χ3n) is 2.98. The zero-order valence-corrected chi connectivity index (χ0v) is 11.9. The van der Waals surface area contributed by atoms with Gasteiger partial charge in [0.1, 0.15) is 0 Å². The fraction of sp³-hybridized carbons (Fsp3) is 0.462. The highest BCUT2D eigenvalue weighted by atomic mass is 19.1. The summed E-state index contributed by atoms with van der Waals surface area (Å²) in [6.45, 7) is 1.76. The van der Waals surface area contributed by atoms with Gasteiger partial charge in [0.2, 0.25) is 5.82 Å². The van der Waals surface area contributed by atoms with Crippen LogP contribution in [0.25, 0.3) is 0 Å². The van der Waals surface area contributed by atoms with E-state index in [2.05, 4.69) is 15.4 Å². The third kappa shape index (κ3) is 3.94. The number of tetrazole rings is 1. The van der Waals surface area contributed by atoms with Gasteiger partial charge in [0.05, 0.1) is 7.05 Å². The Balaban J connectivity index is 2.09. The van der Waals surface area contributed by atoms with Crippen molar-refractivity contribution in [3.8, 4) is 5.75 Å². The van der Waals surface area contributed by atoms with E-state index in [1.807, 2.05) is 6.92 Å². The monoisotopic (exact) mass is 297 g/mol. The summed E-state index contributed by atoms with van der Waals surface area (Å²) in [6.07, 6.45) is 1.15. The van der Waals surface area contributed by atoms with E-state index in [1.54, 1.807) is 7.05 Å². The molecule has 2 N–H and O–H groups in total. The number of nitrogens with two attached hydrogens (primary N) is 1. The zero-order valence-electron chi connectivity index (χ0n) is 11.9. The predicted molar refractivity (Wildman–Crippen MR) is 71.5 cm³/mol. The molecule has 0 aliphatic heterocycles. The second-order valence-electron chi connectivity index (χ2n) is 4.74. The molecular formula is C13H17F2N5O. The van der Waals surface area contributed by atoms with Crippen molar-refractivity contribution in [1.82, 2.24) is 20.2 Å². The molecule has 1 unspecified atom stereocenters. The maximum atomic E-state index is 13.9. The van der Waals surface area contributed by atoms with Gasteiger partial charge in [-0.2, -0.15) is 4.80 Å². The van der Waals surface area contributed by atoms with Crippen molar-refractivity contribution < 1.29 is 13.5 Å². The van der Waals surface area contributed by atoms with Crippen LogP contribution in [0.5, 0.6) is 5.75 Å². The summed E-state index contributed by atoms with van der Waals surface area (Å²) < 4.78 is 32.9. The van der Waals surface area contributed by atoms with Gasteiger partial charge in [0, 0.05) is 6.04 Å². The van der Waals surface area contributed by atoms with Gasteiger partial charge < -0.3 is 10.5 Å². The van der Waals surface area contributed by atoms with Gasteiger partial charge in [-0.3, -0.25) is 0 Å². The molecule has 0 spiro atoms. The molecule has 21 heavy (non-hydrogen) atoms. The van der Waals surface area contributed by atoms with Crippen LogP contribution >= 0.6 is 0 Å². The smallest absolute Gasteiger partial charge is 0.212 e. The fourth-order valence-corrected chi connectivity index (χ4v) is 1.83. The molecule has 114 valence electrons. The average molecular weight is 297 g/mol. The number of rotatable bonds is 6. The van der Waals surface area contributed by atoms with Crippen molar-refractivity contribution in [2.75, 3.05) is 0 Å². The van der Waals surface area contributed by atoms with E-state index in [9.17, 15) is 8.78 Å². The lowest BCUT2D eigenvalue weighted by Crippen LogP contribution is -2.21. The summed E-state index contributed by atoms with van der Waals surface area (Å²) in [6, 6.07) is 2.34. The Morgan fingerprint density at radius 3 is 2.52 bits per heavy atom. The number of aromatic nitrogens is 4. The van der Waals surface area contributed by atoms with Gasteiger partial charge in [-0.15, -0.1) is 10.2 Å². The molecule has 0 amide bonds. The van der Waals surface area contributed by atoms with Gasteiger partial charge in [0.15, 0.2) is 24.0 Å². The highest BCUT2D eigenvalue weighted by Crippen LogP contribution is 2.24. The number of ether oxygens (including phenoxy) is 1. The third-order valence-corrected chi connectivity index (χ3v) is 2.98. The second kappa shape index (κ2) is 6.57. The minimum Gasteiger partial charge on any atom is -0.479 e. The first-order valence-electron chi connectivity index (χ1n) is 6.58. The SMILES string of the molecule is CCC(N)Cc1cc(F)c(OCc2nnn(C)n2)c(F)c1. The fourth-order valence-electron chi connectivity index (χ4n) is 1.83. The van der Waals surface area contributed by atoms with Crippen LogP contribution in [-0.2, 0) is 20.1 Å². The zero-order chi connectivity index (χ0) is 15.4. The van der Waals surface area contributed by atoms with Crippen LogP contribution in [0.2, 0.25) is 0 Å². The second-order valence-corrected chi connectivity index (χ2v) is 4.74. The Morgan fingerprint density at radius 2 is 2.00 bits per heavy atom. The van der Waals surface area contributed by atoms with Gasteiger partial charge >= 0.3 is 0 Å². The highest BCUT2D eigenvalue weighted by Gasteiger charge is 2.15. The topological polar surface area (TPSA) is 78.9 Å². The summed E-state index contributed by atoms with van der Waals surface area (Å²) in [5, 5.41) is 11.1. The van der Waals surface area contributed by atoms with Crippen molar-refractivity contribution in [3.05, 3.63) is 35.2 Å².